The van der Waals surface area contributed by atoms with E-state index in [1.165, 1.54) is 5.56 Å². The van der Waals surface area contributed by atoms with Crippen molar-refractivity contribution in [3.8, 4) is 5.75 Å². The van der Waals surface area contributed by atoms with E-state index < -0.39 is 0 Å². The van der Waals surface area contributed by atoms with Gasteiger partial charge >= 0.3 is 0 Å². The van der Waals surface area contributed by atoms with Gasteiger partial charge in [0.2, 0.25) is 0 Å². The molecule has 1 rings (SSSR count). The average Bonchev–Trinajstić information content (AvgIpc) is 2.36. The van der Waals surface area contributed by atoms with Crippen LogP contribution in [0.3, 0.4) is 0 Å². The van der Waals surface area contributed by atoms with E-state index in [4.69, 9.17) is 9.47 Å². The monoisotopic (exact) mass is 265 g/mol. The van der Waals surface area contributed by atoms with Gasteiger partial charge in [-0.05, 0) is 51.4 Å². The Balaban J connectivity index is 2.75. The highest BCUT2D eigenvalue weighted by atomic mass is 16.5. The smallest absolute Gasteiger partial charge is 0.118 e. The number of hydrogen-bond acceptors (Lipinski definition) is 3. The molecule has 1 atom stereocenters. The fraction of sp³-hybridized carbons (Fsp3) is 0.625. The summed E-state index contributed by atoms with van der Waals surface area (Å²) in [6.07, 6.45) is 1.20. The fourth-order valence-electron chi connectivity index (χ4n) is 1.88. The zero-order chi connectivity index (χ0) is 14.3. The minimum Gasteiger partial charge on any atom is -0.497 e. The van der Waals surface area contributed by atoms with Gasteiger partial charge in [0.1, 0.15) is 5.75 Å². The first-order chi connectivity index (χ1) is 8.96. The molecule has 1 aromatic rings. The Hall–Kier alpha value is -1.06. The molecule has 0 saturated carbocycles. The highest BCUT2D eigenvalue weighted by molar-refractivity contribution is 5.28. The Bertz CT molecular complexity index is 354. The van der Waals surface area contributed by atoms with Crippen LogP contribution in [0.15, 0.2) is 24.3 Å². The van der Waals surface area contributed by atoms with E-state index in [0.717, 1.165) is 25.3 Å². The Kier molecular flexibility index (Phi) is 6.32. The Morgan fingerprint density at radius 2 is 1.79 bits per heavy atom. The average molecular weight is 265 g/mol. The third-order valence-corrected chi connectivity index (χ3v) is 2.74. The highest BCUT2D eigenvalue weighted by Crippen LogP contribution is 2.25. The molecule has 3 heteroatoms. The molecule has 0 aromatic heterocycles. The van der Waals surface area contributed by atoms with Crippen molar-refractivity contribution in [3.05, 3.63) is 29.8 Å². The molecule has 0 amide bonds. The fourth-order valence-corrected chi connectivity index (χ4v) is 1.88. The molecule has 1 N–H and O–H groups in total. The maximum atomic E-state index is 6.14. The predicted octanol–water partition coefficient (Wildman–Crippen LogP) is 3.55. The van der Waals surface area contributed by atoms with Gasteiger partial charge in [0.05, 0.1) is 18.8 Å². The van der Waals surface area contributed by atoms with Gasteiger partial charge in [0.25, 0.3) is 0 Å². The molecular weight excluding hydrogens is 238 g/mol. The van der Waals surface area contributed by atoms with Crippen molar-refractivity contribution in [2.75, 3.05) is 20.2 Å². The van der Waals surface area contributed by atoms with Crippen LogP contribution in [0.5, 0.6) is 5.75 Å². The highest BCUT2D eigenvalue weighted by Gasteiger charge is 2.20. The summed E-state index contributed by atoms with van der Waals surface area (Å²) >= 11 is 0. The Morgan fingerprint density at radius 1 is 1.16 bits per heavy atom. The van der Waals surface area contributed by atoms with E-state index >= 15 is 0 Å². The lowest BCUT2D eigenvalue weighted by atomic mass is 10.1. The molecule has 19 heavy (non-hydrogen) atoms. The van der Waals surface area contributed by atoms with Crippen LogP contribution in [0, 0.1) is 0 Å². The van der Waals surface area contributed by atoms with Crippen molar-refractivity contribution in [2.24, 2.45) is 0 Å². The minimum absolute atomic E-state index is 0.0671. The number of nitrogens with one attached hydrogen (secondary N) is 1. The van der Waals surface area contributed by atoms with E-state index in [9.17, 15) is 0 Å². The van der Waals surface area contributed by atoms with E-state index in [1.54, 1.807) is 7.11 Å². The summed E-state index contributed by atoms with van der Waals surface area (Å²) < 4.78 is 11.3. The molecular formula is C16H27NO2. The van der Waals surface area contributed by atoms with Crippen LogP contribution in [0.4, 0.5) is 0 Å². The Labute approximate surface area is 117 Å². The van der Waals surface area contributed by atoms with Crippen LogP contribution in [-0.2, 0) is 4.74 Å². The van der Waals surface area contributed by atoms with Crippen molar-refractivity contribution in [3.63, 3.8) is 0 Å². The van der Waals surface area contributed by atoms with Crippen molar-refractivity contribution >= 4 is 0 Å². The molecule has 0 aliphatic rings. The van der Waals surface area contributed by atoms with E-state index in [2.05, 4.69) is 45.1 Å². The van der Waals surface area contributed by atoms with Gasteiger partial charge < -0.3 is 14.8 Å². The molecule has 108 valence electrons. The second-order valence-corrected chi connectivity index (χ2v) is 5.70. The normalized spacial score (nSPS) is 13.3. The van der Waals surface area contributed by atoms with Crippen LogP contribution in [0.1, 0.15) is 45.8 Å². The molecule has 0 aliphatic heterocycles. The molecule has 1 aromatic carbocycles. The molecule has 0 aliphatic carbocycles. The standard InChI is InChI=1S/C16H27NO2/c1-6-11-17-12-15(19-16(2,3)4)13-7-9-14(18-5)10-8-13/h7-10,15,17H,6,11-12H2,1-5H3. The van der Waals surface area contributed by atoms with Crippen molar-refractivity contribution in [1.82, 2.24) is 5.32 Å². The molecule has 0 bridgehead atoms. The molecule has 1 unspecified atom stereocenters. The maximum absolute atomic E-state index is 6.14. The summed E-state index contributed by atoms with van der Waals surface area (Å²) in [6.45, 7) is 10.3. The van der Waals surface area contributed by atoms with Gasteiger partial charge in [-0.3, -0.25) is 0 Å². The molecule has 0 saturated heterocycles. The second kappa shape index (κ2) is 7.51. The van der Waals surface area contributed by atoms with Gasteiger partial charge in [0, 0.05) is 6.54 Å². The number of rotatable bonds is 7. The molecule has 0 radical (unpaired) electrons. The maximum Gasteiger partial charge on any atom is 0.118 e. The lowest BCUT2D eigenvalue weighted by Crippen LogP contribution is -2.30. The number of hydrogen-bond donors (Lipinski definition) is 1. The zero-order valence-corrected chi connectivity index (χ0v) is 12.8. The van der Waals surface area contributed by atoms with Crippen molar-refractivity contribution in [1.29, 1.82) is 0 Å². The van der Waals surface area contributed by atoms with E-state index in [-0.39, 0.29) is 11.7 Å². The second-order valence-electron chi connectivity index (χ2n) is 5.70. The molecule has 0 spiro atoms. The first kappa shape index (κ1) is 16.0. The summed E-state index contributed by atoms with van der Waals surface area (Å²) in [5.41, 5.74) is 1.03. The van der Waals surface area contributed by atoms with Crippen LogP contribution in [0.25, 0.3) is 0 Å². The number of ether oxygens (including phenoxy) is 2. The SMILES string of the molecule is CCCNCC(OC(C)(C)C)c1ccc(OC)cc1. The third kappa shape index (κ3) is 6.08. The number of methoxy groups -OCH3 is 1. The van der Waals surface area contributed by atoms with Crippen LogP contribution in [-0.4, -0.2) is 25.8 Å². The summed E-state index contributed by atoms with van der Waals surface area (Å²) in [5, 5.41) is 3.43. The molecule has 3 nitrogen and oxygen atoms in total. The first-order valence-electron chi connectivity index (χ1n) is 6.98. The van der Waals surface area contributed by atoms with Crippen molar-refractivity contribution in [2.45, 2.75) is 45.8 Å². The summed E-state index contributed by atoms with van der Waals surface area (Å²) in [4.78, 5) is 0. The quantitative estimate of drug-likeness (QED) is 0.765. The number of benzene rings is 1. The third-order valence-electron chi connectivity index (χ3n) is 2.74. The molecule has 0 fully saturated rings. The lowest BCUT2D eigenvalue weighted by molar-refractivity contribution is -0.0605. The minimum atomic E-state index is -0.154. The first-order valence-corrected chi connectivity index (χ1v) is 6.98. The van der Waals surface area contributed by atoms with Gasteiger partial charge in [-0.25, -0.2) is 0 Å². The van der Waals surface area contributed by atoms with Gasteiger partial charge in [-0.1, -0.05) is 19.1 Å². The van der Waals surface area contributed by atoms with Crippen LogP contribution >= 0.6 is 0 Å². The van der Waals surface area contributed by atoms with Gasteiger partial charge in [-0.15, -0.1) is 0 Å². The van der Waals surface area contributed by atoms with Crippen molar-refractivity contribution < 1.29 is 9.47 Å². The van der Waals surface area contributed by atoms with Crippen LogP contribution in [0.2, 0.25) is 0 Å². The van der Waals surface area contributed by atoms with Gasteiger partial charge in [-0.2, -0.15) is 0 Å². The predicted molar refractivity (Wildman–Crippen MR) is 79.7 cm³/mol. The molecule has 0 heterocycles. The zero-order valence-electron chi connectivity index (χ0n) is 12.8. The summed E-state index contributed by atoms with van der Waals surface area (Å²) in [6, 6.07) is 8.11. The summed E-state index contributed by atoms with van der Waals surface area (Å²) in [5.74, 6) is 0.875. The van der Waals surface area contributed by atoms with E-state index in [0.29, 0.717) is 0 Å². The topological polar surface area (TPSA) is 30.5 Å². The van der Waals surface area contributed by atoms with Crippen LogP contribution < -0.4 is 10.1 Å². The van der Waals surface area contributed by atoms with E-state index in [1.807, 2.05) is 12.1 Å². The lowest BCUT2D eigenvalue weighted by Gasteiger charge is -2.28. The Morgan fingerprint density at radius 3 is 2.26 bits per heavy atom. The summed E-state index contributed by atoms with van der Waals surface area (Å²) in [7, 11) is 1.68. The van der Waals surface area contributed by atoms with Gasteiger partial charge in [0.15, 0.2) is 0 Å². The largest absolute Gasteiger partial charge is 0.497 e.